The van der Waals surface area contributed by atoms with Crippen molar-refractivity contribution in [2.75, 3.05) is 0 Å². The van der Waals surface area contributed by atoms with E-state index in [4.69, 9.17) is 0 Å². The minimum absolute atomic E-state index is 0.00289. The van der Waals surface area contributed by atoms with Gasteiger partial charge in [-0.3, -0.25) is 4.79 Å². The molecule has 2 atom stereocenters. The van der Waals surface area contributed by atoms with Crippen molar-refractivity contribution in [3.05, 3.63) is 29.8 Å². The largest absolute Gasteiger partial charge is 0.573 e. The second-order valence-corrected chi connectivity index (χ2v) is 4.73. The molecule has 1 aromatic rings. The van der Waals surface area contributed by atoms with E-state index in [-0.39, 0.29) is 17.6 Å². The minimum Gasteiger partial charge on any atom is -0.406 e. The molecule has 1 aliphatic carbocycles. The Labute approximate surface area is 108 Å². The summed E-state index contributed by atoms with van der Waals surface area (Å²) < 4.78 is 39.6. The van der Waals surface area contributed by atoms with E-state index in [9.17, 15) is 18.0 Å². The summed E-state index contributed by atoms with van der Waals surface area (Å²) in [6, 6.07) is 5.46. The predicted molar refractivity (Wildman–Crippen MR) is 62.2 cm³/mol. The van der Waals surface area contributed by atoms with Crippen LogP contribution in [-0.4, -0.2) is 12.3 Å². The van der Waals surface area contributed by atoms with Gasteiger partial charge in [-0.05, 0) is 30.0 Å². The summed E-state index contributed by atoms with van der Waals surface area (Å²) in [6.45, 7) is 2.32. The summed E-state index contributed by atoms with van der Waals surface area (Å²) >= 11 is 0. The van der Waals surface area contributed by atoms with Crippen LogP contribution in [0.2, 0.25) is 0 Å². The van der Waals surface area contributed by atoms with Gasteiger partial charge in [0.1, 0.15) is 5.75 Å². The maximum atomic E-state index is 11.9. The Hall–Kier alpha value is -1.72. The van der Waals surface area contributed by atoms with E-state index in [1.165, 1.54) is 24.3 Å². The lowest BCUT2D eigenvalue weighted by Gasteiger charge is -2.09. The number of carbonyl (C=O) groups is 1. The van der Waals surface area contributed by atoms with Crippen molar-refractivity contribution < 1.29 is 22.7 Å². The monoisotopic (exact) mass is 273 g/mol. The van der Waals surface area contributed by atoms with E-state index in [0.717, 1.165) is 12.0 Å². The second-order valence-electron chi connectivity index (χ2n) is 4.73. The fraction of sp³-hybridized carbons (Fsp3) is 0.462. The van der Waals surface area contributed by atoms with Crippen molar-refractivity contribution in [1.29, 1.82) is 0 Å². The van der Waals surface area contributed by atoms with Crippen molar-refractivity contribution in [3.8, 4) is 5.75 Å². The molecule has 104 valence electrons. The van der Waals surface area contributed by atoms with Crippen LogP contribution in [-0.2, 0) is 11.3 Å². The lowest BCUT2D eigenvalue weighted by atomic mass is 10.2. The van der Waals surface area contributed by atoms with Crippen LogP contribution in [0.15, 0.2) is 24.3 Å². The summed E-state index contributed by atoms with van der Waals surface area (Å²) in [5, 5.41) is 2.76. The third-order valence-corrected chi connectivity index (χ3v) is 3.07. The molecule has 1 N–H and O–H groups in total. The number of halogens is 3. The highest BCUT2D eigenvalue weighted by molar-refractivity contribution is 5.81. The first-order chi connectivity index (χ1) is 8.85. The van der Waals surface area contributed by atoms with E-state index in [2.05, 4.69) is 10.1 Å². The zero-order valence-electron chi connectivity index (χ0n) is 10.3. The molecule has 19 heavy (non-hydrogen) atoms. The van der Waals surface area contributed by atoms with Crippen molar-refractivity contribution >= 4 is 5.91 Å². The minimum atomic E-state index is -4.68. The molecular formula is C13H14F3NO2. The number of ether oxygens (including phenoxy) is 1. The van der Waals surface area contributed by atoms with E-state index in [0.29, 0.717) is 12.5 Å². The van der Waals surface area contributed by atoms with E-state index >= 15 is 0 Å². The molecule has 0 aromatic heterocycles. The highest BCUT2D eigenvalue weighted by Gasteiger charge is 2.38. The topological polar surface area (TPSA) is 38.3 Å². The Morgan fingerprint density at radius 1 is 1.37 bits per heavy atom. The van der Waals surface area contributed by atoms with Gasteiger partial charge in [0.25, 0.3) is 0 Å². The summed E-state index contributed by atoms with van der Waals surface area (Å²) in [6.07, 6.45) is -3.78. The Morgan fingerprint density at radius 2 is 1.95 bits per heavy atom. The van der Waals surface area contributed by atoms with Crippen LogP contribution < -0.4 is 10.1 Å². The van der Waals surface area contributed by atoms with Gasteiger partial charge in [0.15, 0.2) is 0 Å². The Balaban J connectivity index is 1.83. The first kappa shape index (κ1) is 13.7. The average Bonchev–Trinajstić information content (AvgIpc) is 3.03. The van der Waals surface area contributed by atoms with Crippen LogP contribution in [0.1, 0.15) is 18.9 Å². The van der Waals surface area contributed by atoms with Crippen molar-refractivity contribution in [2.24, 2.45) is 11.8 Å². The molecular weight excluding hydrogens is 259 g/mol. The molecule has 0 heterocycles. The molecule has 1 aromatic carbocycles. The molecule has 1 amide bonds. The Kier molecular flexibility index (Phi) is 3.68. The SMILES string of the molecule is C[C@@H]1C[C@H]1C(=O)NCc1ccc(OC(F)(F)F)cc1. The maximum Gasteiger partial charge on any atom is 0.573 e. The van der Waals surface area contributed by atoms with Crippen molar-refractivity contribution in [2.45, 2.75) is 26.3 Å². The summed E-state index contributed by atoms with van der Waals surface area (Å²) in [7, 11) is 0. The molecule has 0 radical (unpaired) electrons. The zero-order chi connectivity index (χ0) is 14.0. The molecule has 0 aliphatic heterocycles. The first-order valence-corrected chi connectivity index (χ1v) is 5.97. The van der Waals surface area contributed by atoms with E-state index in [1.54, 1.807) is 0 Å². The molecule has 0 spiro atoms. The summed E-state index contributed by atoms with van der Waals surface area (Å²) in [4.78, 5) is 11.6. The third-order valence-electron chi connectivity index (χ3n) is 3.07. The quantitative estimate of drug-likeness (QED) is 0.916. The standard InChI is InChI=1S/C13H14F3NO2/c1-8-6-11(8)12(18)17-7-9-2-4-10(5-3-9)19-13(14,15)16/h2-5,8,11H,6-7H2,1H3,(H,17,18)/t8-,11-/m1/s1. The lowest BCUT2D eigenvalue weighted by molar-refractivity contribution is -0.274. The second kappa shape index (κ2) is 5.11. The number of carbonyl (C=O) groups excluding carboxylic acids is 1. The number of hydrogen-bond donors (Lipinski definition) is 1. The summed E-state index contributed by atoms with van der Waals surface area (Å²) in [5.41, 5.74) is 0.733. The Morgan fingerprint density at radius 3 is 2.42 bits per heavy atom. The highest BCUT2D eigenvalue weighted by Crippen LogP contribution is 2.37. The van der Waals surface area contributed by atoms with Gasteiger partial charge in [-0.15, -0.1) is 13.2 Å². The molecule has 0 bridgehead atoms. The van der Waals surface area contributed by atoms with E-state index in [1.807, 2.05) is 6.92 Å². The molecule has 1 saturated carbocycles. The first-order valence-electron chi connectivity index (χ1n) is 5.97. The zero-order valence-corrected chi connectivity index (χ0v) is 10.3. The van der Waals surface area contributed by atoms with Gasteiger partial charge in [0.05, 0.1) is 0 Å². The molecule has 6 heteroatoms. The van der Waals surface area contributed by atoms with Crippen LogP contribution in [0.5, 0.6) is 5.75 Å². The maximum absolute atomic E-state index is 11.9. The van der Waals surface area contributed by atoms with Gasteiger partial charge in [-0.25, -0.2) is 0 Å². The number of nitrogens with one attached hydrogen (secondary N) is 1. The highest BCUT2D eigenvalue weighted by atomic mass is 19.4. The molecule has 0 saturated heterocycles. The summed E-state index contributed by atoms with van der Waals surface area (Å²) in [5.74, 6) is 0.261. The number of hydrogen-bond acceptors (Lipinski definition) is 2. The molecule has 2 rings (SSSR count). The fourth-order valence-corrected chi connectivity index (χ4v) is 1.82. The van der Waals surface area contributed by atoms with Gasteiger partial charge in [0, 0.05) is 12.5 Å². The Bertz CT molecular complexity index is 456. The molecule has 1 aliphatic rings. The number of benzene rings is 1. The number of amides is 1. The smallest absolute Gasteiger partial charge is 0.406 e. The third kappa shape index (κ3) is 4.15. The lowest BCUT2D eigenvalue weighted by Crippen LogP contribution is -2.24. The predicted octanol–water partition coefficient (Wildman–Crippen LogP) is 2.86. The van der Waals surface area contributed by atoms with Gasteiger partial charge in [0.2, 0.25) is 5.91 Å². The van der Waals surface area contributed by atoms with Gasteiger partial charge in [-0.1, -0.05) is 19.1 Å². The number of alkyl halides is 3. The van der Waals surface area contributed by atoms with Crippen molar-refractivity contribution in [3.63, 3.8) is 0 Å². The van der Waals surface area contributed by atoms with Crippen LogP contribution in [0.25, 0.3) is 0 Å². The average molecular weight is 273 g/mol. The number of rotatable bonds is 4. The van der Waals surface area contributed by atoms with Crippen LogP contribution >= 0.6 is 0 Å². The molecule has 1 fully saturated rings. The van der Waals surface area contributed by atoms with Crippen LogP contribution in [0, 0.1) is 11.8 Å². The van der Waals surface area contributed by atoms with Crippen LogP contribution in [0.4, 0.5) is 13.2 Å². The molecule has 3 nitrogen and oxygen atoms in total. The van der Waals surface area contributed by atoms with Gasteiger partial charge < -0.3 is 10.1 Å². The van der Waals surface area contributed by atoms with Crippen LogP contribution in [0.3, 0.4) is 0 Å². The van der Waals surface area contributed by atoms with Gasteiger partial charge in [-0.2, -0.15) is 0 Å². The molecule has 0 unspecified atom stereocenters. The normalized spacial score (nSPS) is 21.9. The fourth-order valence-electron chi connectivity index (χ4n) is 1.82. The van der Waals surface area contributed by atoms with Crippen molar-refractivity contribution in [1.82, 2.24) is 5.32 Å². The van der Waals surface area contributed by atoms with Gasteiger partial charge >= 0.3 is 6.36 Å². The van der Waals surface area contributed by atoms with E-state index < -0.39 is 6.36 Å².